The zero-order valence-corrected chi connectivity index (χ0v) is 12.2. The summed E-state index contributed by atoms with van der Waals surface area (Å²) in [6, 6.07) is 6.53. The largest absolute Gasteiger partial charge is 0.462 e. The average Bonchev–Trinajstić information content (AvgIpc) is 3.03. The summed E-state index contributed by atoms with van der Waals surface area (Å²) in [6.07, 6.45) is 2.58. The number of carbonyl (C=O) groups is 2. The fraction of sp³-hybridized carbons (Fsp3) is 0.500. The highest BCUT2D eigenvalue weighted by molar-refractivity contribution is 6.03. The molecule has 1 atom stereocenters. The standard InChI is InChI=1S/C16H20O5/c1-2-9-20-15(17)13-7-3-4-8-14(13)16(18)21-11-12-6-5-10-19-12/h3-4,7-8,12H,2,5-6,9-11H2,1H3. The van der Waals surface area contributed by atoms with E-state index in [0.29, 0.717) is 13.2 Å². The Labute approximate surface area is 124 Å². The number of esters is 2. The smallest absolute Gasteiger partial charge is 0.339 e. The van der Waals surface area contributed by atoms with Gasteiger partial charge in [0, 0.05) is 6.61 Å². The Balaban J connectivity index is 2.00. The van der Waals surface area contributed by atoms with Gasteiger partial charge < -0.3 is 14.2 Å². The van der Waals surface area contributed by atoms with E-state index in [4.69, 9.17) is 14.2 Å². The van der Waals surface area contributed by atoms with Crippen LogP contribution >= 0.6 is 0 Å². The molecule has 1 fully saturated rings. The second-order valence-electron chi connectivity index (χ2n) is 4.91. The first-order chi connectivity index (χ1) is 10.2. The minimum absolute atomic E-state index is 0.0341. The molecule has 0 spiro atoms. The van der Waals surface area contributed by atoms with E-state index in [0.717, 1.165) is 19.3 Å². The van der Waals surface area contributed by atoms with Crippen molar-refractivity contribution in [3.05, 3.63) is 35.4 Å². The van der Waals surface area contributed by atoms with Gasteiger partial charge in [-0.15, -0.1) is 0 Å². The molecule has 0 bridgehead atoms. The van der Waals surface area contributed by atoms with Gasteiger partial charge >= 0.3 is 11.9 Å². The van der Waals surface area contributed by atoms with Crippen molar-refractivity contribution in [2.45, 2.75) is 32.3 Å². The molecule has 0 amide bonds. The number of carbonyl (C=O) groups excluding carboxylic acids is 2. The van der Waals surface area contributed by atoms with Crippen LogP contribution in [0.3, 0.4) is 0 Å². The molecule has 5 heteroatoms. The first-order valence-corrected chi connectivity index (χ1v) is 7.27. The highest BCUT2D eigenvalue weighted by atomic mass is 16.6. The van der Waals surface area contributed by atoms with Gasteiger partial charge in [0.15, 0.2) is 0 Å². The van der Waals surface area contributed by atoms with E-state index >= 15 is 0 Å². The zero-order chi connectivity index (χ0) is 15.1. The molecule has 114 valence electrons. The third-order valence-electron chi connectivity index (χ3n) is 3.23. The lowest BCUT2D eigenvalue weighted by Crippen LogP contribution is -2.20. The maximum absolute atomic E-state index is 12.1. The molecule has 0 saturated carbocycles. The summed E-state index contributed by atoms with van der Waals surface area (Å²) >= 11 is 0. The van der Waals surface area contributed by atoms with Crippen molar-refractivity contribution in [3.8, 4) is 0 Å². The van der Waals surface area contributed by atoms with E-state index in [2.05, 4.69) is 0 Å². The van der Waals surface area contributed by atoms with Gasteiger partial charge in [-0.05, 0) is 31.4 Å². The van der Waals surface area contributed by atoms with Crippen LogP contribution < -0.4 is 0 Å². The Morgan fingerprint density at radius 3 is 2.43 bits per heavy atom. The normalized spacial score (nSPS) is 17.5. The zero-order valence-electron chi connectivity index (χ0n) is 12.2. The minimum Gasteiger partial charge on any atom is -0.462 e. The number of ether oxygens (including phenoxy) is 3. The predicted molar refractivity (Wildman–Crippen MR) is 76.3 cm³/mol. The Morgan fingerprint density at radius 1 is 1.19 bits per heavy atom. The van der Waals surface area contributed by atoms with Gasteiger partial charge in [-0.1, -0.05) is 19.1 Å². The fourth-order valence-electron chi connectivity index (χ4n) is 2.13. The van der Waals surface area contributed by atoms with Crippen molar-refractivity contribution >= 4 is 11.9 Å². The minimum atomic E-state index is -0.519. The molecule has 5 nitrogen and oxygen atoms in total. The van der Waals surface area contributed by atoms with Crippen LogP contribution in [-0.2, 0) is 14.2 Å². The molecule has 1 heterocycles. The van der Waals surface area contributed by atoms with E-state index in [1.54, 1.807) is 24.3 Å². The van der Waals surface area contributed by atoms with Gasteiger partial charge in [0.05, 0.1) is 23.8 Å². The molecule has 1 unspecified atom stereocenters. The lowest BCUT2D eigenvalue weighted by Gasteiger charge is -2.12. The van der Waals surface area contributed by atoms with Crippen molar-refractivity contribution in [3.63, 3.8) is 0 Å². The van der Waals surface area contributed by atoms with Gasteiger partial charge in [0.1, 0.15) is 6.61 Å². The summed E-state index contributed by atoms with van der Waals surface area (Å²) in [5, 5.41) is 0. The Morgan fingerprint density at radius 2 is 1.86 bits per heavy atom. The second-order valence-corrected chi connectivity index (χ2v) is 4.91. The van der Waals surface area contributed by atoms with Crippen LogP contribution in [-0.4, -0.2) is 37.9 Å². The molecular formula is C16H20O5. The molecular weight excluding hydrogens is 272 g/mol. The number of benzene rings is 1. The van der Waals surface area contributed by atoms with E-state index < -0.39 is 11.9 Å². The first-order valence-electron chi connectivity index (χ1n) is 7.27. The summed E-state index contributed by atoms with van der Waals surface area (Å²) in [4.78, 5) is 24.0. The Hall–Kier alpha value is -1.88. The quantitative estimate of drug-likeness (QED) is 0.754. The van der Waals surface area contributed by atoms with Crippen LogP contribution in [0.15, 0.2) is 24.3 Å². The highest BCUT2D eigenvalue weighted by Crippen LogP contribution is 2.15. The van der Waals surface area contributed by atoms with Crippen molar-refractivity contribution in [2.24, 2.45) is 0 Å². The predicted octanol–water partition coefficient (Wildman–Crippen LogP) is 2.59. The van der Waals surface area contributed by atoms with Crippen LogP contribution in [0, 0.1) is 0 Å². The van der Waals surface area contributed by atoms with Gasteiger partial charge in [0.2, 0.25) is 0 Å². The maximum atomic E-state index is 12.1. The topological polar surface area (TPSA) is 61.8 Å². The summed E-state index contributed by atoms with van der Waals surface area (Å²) < 4.78 is 15.7. The van der Waals surface area contributed by atoms with E-state index in [9.17, 15) is 9.59 Å². The Bertz CT molecular complexity index is 491. The summed E-state index contributed by atoms with van der Waals surface area (Å²) in [7, 11) is 0. The molecule has 0 N–H and O–H groups in total. The van der Waals surface area contributed by atoms with Crippen LogP contribution in [0.25, 0.3) is 0 Å². The third-order valence-corrected chi connectivity index (χ3v) is 3.23. The summed E-state index contributed by atoms with van der Waals surface area (Å²) in [5.41, 5.74) is 0.472. The van der Waals surface area contributed by atoms with Crippen LogP contribution in [0.5, 0.6) is 0 Å². The first kappa shape index (κ1) is 15.5. The second kappa shape index (κ2) is 7.78. The highest BCUT2D eigenvalue weighted by Gasteiger charge is 2.21. The molecule has 0 radical (unpaired) electrons. The SMILES string of the molecule is CCCOC(=O)c1ccccc1C(=O)OCC1CCCO1. The molecule has 2 rings (SSSR count). The van der Waals surface area contributed by atoms with Gasteiger partial charge in [0.25, 0.3) is 0 Å². The number of hydrogen-bond donors (Lipinski definition) is 0. The molecule has 1 aromatic carbocycles. The summed E-state index contributed by atoms with van der Waals surface area (Å²) in [6.45, 7) is 3.17. The maximum Gasteiger partial charge on any atom is 0.339 e. The third kappa shape index (κ3) is 4.29. The van der Waals surface area contributed by atoms with E-state index in [1.165, 1.54) is 0 Å². The molecule has 1 aliphatic heterocycles. The lowest BCUT2D eigenvalue weighted by atomic mass is 10.1. The van der Waals surface area contributed by atoms with Gasteiger partial charge in [-0.25, -0.2) is 9.59 Å². The van der Waals surface area contributed by atoms with Gasteiger partial charge in [-0.3, -0.25) is 0 Å². The molecule has 1 aliphatic rings. The van der Waals surface area contributed by atoms with Crippen LogP contribution in [0.2, 0.25) is 0 Å². The average molecular weight is 292 g/mol. The molecule has 1 aromatic rings. The van der Waals surface area contributed by atoms with Crippen molar-refractivity contribution in [2.75, 3.05) is 19.8 Å². The number of hydrogen-bond acceptors (Lipinski definition) is 5. The number of rotatable bonds is 6. The monoisotopic (exact) mass is 292 g/mol. The Kier molecular flexibility index (Phi) is 5.75. The van der Waals surface area contributed by atoms with Crippen molar-refractivity contribution in [1.82, 2.24) is 0 Å². The van der Waals surface area contributed by atoms with E-state index in [1.807, 2.05) is 6.92 Å². The molecule has 21 heavy (non-hydrogen) atoms. The van der Waals surface area contributed by atoms with E-state index in [-0.39, 0.29) is 23.8 Å². The summed E-state index contributed by atoms with van der Waals surface area (Å²) in [5.74, 6) is -1.02. The molecule has 0 aliphatic carbocycles. The molecule has 1 saturated heterocycles. The van der Waals surface area contributed by atoms with Crippen molar-refractivity contribution in [1.29, 1.82) is 0 Å². The fourth-order valence-corrected chi connectivity index (χ4v) is 2.13. The van der Waals surface area contributed by atoms with Crippen LogP contribution in [0.4, 0.5) is 0 Å². The molecule has 0 aromatic heterocycles. The lowest BCUT2D eigenvalue weighted by molar-refractivity contribution is 0.0157. The van der Waals surface area contributed by atoms with Crippen LogP contribution in [0.1, 0.15) is 46.9 Å². The van der Waals surface area contributed by atoms with Gasteiger partial charge in [-0.2, -0.15) is 0 Å². The van der Waals surface area contributed by atoms with Crippen molar-refractivity contribution < 1.29 is 23.8 Å².